The zero-order chi connectivity index (χ0) is 21.8. The molecular weight excluding hydrogens is 388 g/mol. The van der Waals surface area contributed by atoms with Crippen LogP contribution in [0.2, 0.25) is 0 Å². The monoisotopic (exact) mass is 411 g/mol. The van der Waals surface area contributed by atoms with Gasteiger partial charge in [-0.2, -0.15) is 0 Å². The minimum atomic E-state index is -1.06. The number of benzene rings is 3. The van der Waals surface area contributed by atoms with E-state index < -0.39 is 24.2 Å². The van der Waals surface area contributed by atoms with Crippen LogP contribution in [0.25, 0.3) is 11.1 Å². The van der Waals surface area contributed by atoms with E-state index in [2.05, 4.69) is 5.32 Å². The molecule has 2 N–H and O–H groups in total. The van der Waals surface area contributed by atoms with Gasteiger partial charge in [-0.25, -0.2) is 13.6 Å². The summed E-state index contributed by atoms with van der Waals surface area (Å²) in [6.07, 6.45) is 0. The van der Waals surface area contributed by atoms with E-state index in [-0.39, 0.29) is 6.54 Å². The number of rotatable bonds is 7. The summed E-state index contributed by atoms with van der Waals surface area (Å²) < 4.78 is 34.1. The Morgan fingerprint density at radius 2 is 1.83 bits per heavy atom. The van der Waals surface area contributed by atoms with Crippen molar-refractivity contribution < 1.29 is 23.4 Å². The van der Waals surface area contributed by atoms with Gasteiger partial charge in [-0.05, 0) is 61.7 Å². The third kappa shape index (κ3) is 4.76. The first-order valence-electron chi connectivity index (χ1n) is 9.50. The first kappa shape index (κ1) is 21.3. The van der Waals surface area contributed by atoms with Gasteiger partial charge in [0.2, 0.25) is 0 Å². The van der Waals surface area contributed by atoms with Crippen LogP contribution in [0.4, 0.5) is 14.5 Å². The van der Waals surface area contributed by atoms with Gasteiger partial charge in [-0.1, -0.05) is 24.3 Å². The molecule has 0 aliphatic heterocycles. The Labute approximate surface area is 174 Å². The van der Waals surface area contributed by atoms with Crippen LogP contribution in [0, 0.1) is 32.4 Å². The number of halogens is 2. The van der Waals surface area contributed by atoms with Crippen molar-refractivity contribution in [1.82, 2.24) is 0 Å². The van der Waals surface area contributed by atoms with Crippen LogP contribution in [0.15, 0.2) is 48.5 Å². The van der Waals surface area contributed by atoms with E-state index in [0.717, 1.165) is 22.4 Å². The lowest BCUT2D eigenvalue weighted by atomic mass is 9.98. The minimum Gasteiger partial charge on any atom is -0.482 e. The normalized spacial score (nSPS) is 10.7. The standard InChI is InChI=1S/C24H23F2NO3/c1-14-9-18(23(26)20(10-14)17-5-4-6-19(25)11-17)12-27-24-15(2)7-8-21(16(24)3)30-13-22(28)29/h4-11,27H,12-13H2,1-3H3,(H,28,29). The Bertz CT molecular complexity index is 1100. The van der Waals surface area contributed by atoms with Crippen LogP contribution in [0.1, 0.15) is 22.3 Å². The van der Waals surface area contributed by atoms with Gasteiger partial charge in [0, 0.05) is 28.9 Å². The minimum absolute atomic E-state index is 0.208. The van der Waals surface area contributed by atoms with E-state index in [1.165, 1.54) is 12.1 Å². The molecule has 0 amide bonds. The van der Waals surface area contributed by atoms with Gasteiger partial charge < -0.3 is 15.2 Å². The van der Waals surface area contributed by atoms with Crippen LogP contribution in [-0.2, 0) is 11.3 Å². The Balaban J connectivity index is 1.89. The van der Waals surface area contributed by atoms with Crippen LogP contribution in [0.3, 0.4) is 0 Å². The lowest BCUT2D eigenvalue weighted by molar-refractivity contribution is -0.139. The summed E-state index contributed by atoms with van der Waals surface area (Å²) in [5, 5.41) is 12.1. The number of nitrogens with one attached hydrogen (secondary N) is 1. The maximum atomic E-state index is 15.2. The van der Waals surface area contributed by atoms with Crippen molar-refractivity contribution in [3.05, 3.63) is 82.4 Å². The van der Waals surface area contributed by atoms with Crippen LogP contribution in [-0.4, -0.2) is 17.7 Å². The average molecular weight is 411 g/mol. The average Bonchev–Trinajstić information content (AvgIpc) is 2.69. The van der Waals surface area contributed by atoms with E-state index in [9.17, 15) is 9.18 Å². The van der Waals surface area contributed by atoms with Crippen molar-refractivity contribution in [3.8, 4) is 16.9 Å². The number of carboxylic acids is 1. The molecule has 156 valence electrons. The van der Waals surface area contributed by atoms with E-state index in [1.54, 1.807) is 30.3 Å². The molecule has 0 aliphatic carbocycles. The number of anilines is 1. The fourth-order valence-electron chi connectivity index (χ4n) is 3.42. The number of carbonyl (C=O) groups is 1. The summed E-state index contributed by atoms with van der Waals surface area (Å²) >= 11 is 0. The summed E-state index contributed by atoms with van der Waals surface area (Å²) in [7, 11) is 0. The highest BCUT2D eigenvalue weighted by Crippen LogP contribution is 2.31. The number of carboxylic acid groups (broad SMARTS) is 1. The molecule has 4 nitrogen and oxygen atoms in total. The molecule has 3 rings (SSSR count). The SMILES string of the molecule is Cc1cc(CNc2c(C)ccc(OCC(=O)O)c2C)c(F)c(-c2cccc(F)c2)c1. The predicted molar refractivity (Wildman–Crippen MR) is 113 cm³/mol. The molecule has 0 spiro atoms. The van der Waals surface area contributed by atoms with Gasteiger partial charge >= 0.3 is 5.97 Å². The second-order valence-corrected chi connectivity index (χ2v) is 7.21. The third-order valence-corrected chi connectivity index (χ3v) is 4.86. The molecule has 0 bridgehead atoms. The molecule has 0 saturated heterocycles. The molecule has 0 unspecified atom stereocenters. The van der Waals surface area contributed by atoms with E-state index in [4.69, 9.17) is 9.84 Å². The van der Waals surface area contributed by atoms with Crippen LogP contribution < -0.4 is 10.1 Å². The first-order valence-corrected chi connectivity index (χ1v) is 9.50. The zero-order valence-electron chi connectivity index (χ0n) is 17.1. The summed E-state index contributed by atoms with van der Waals surface area (Å²) in [6, 6.07) is 12.9. The maximum Gasteiger partial charge on any atom is 0.341 e. The number of hydrogen-bond donors (Lipinski definition) is 2. The topological polar surface area (TPSA) is 58.6 Å². The predicted octanol–water partition coefficient (Wildman–Crippen LogP) is 5.63. The fourth-order valence-corrected chi connectivity index (χ4v) is 3.42. The molecule has 0 atom stereocenters. The lowest BCUT2D eigenvalue weighted by Gasteiger charge is -2.17. The first-order chi connectivity index (χ1) is 14.3. The summed E-state index contributed by atoms with van der Waals surface area (Å²) in [6.45, 7) is 5.35. The Hall–Kier alpha value is -3.41. The Morgan fingerprint density at radius 1 is 1.07 bits per heavy atom. The zero-order valence-corrected chi connectivity index (χ0v) is 17.1. The van der Waals surface area contributed by atoms with Crippen LogP contribution >= 0.6 is 0 Å². The molecular formula is C24H23F2NO3. The summed E-state index contributed by atoms with van der Waals surface area (Å²) in [4.78, 5) is 10.8. The second-order valence-electron chi connectivity index (χ2n) is 7.21. The smallest absolute Gasteiger partial charge is 0.341 e. The van der Waals surface area contributed by atoms with Gasteiger partial charge in [0.05, 0.1) is 0 Å². The number of ether oxygens (including phenoxy) is 1. The number of aryl methyl sites for hydroxylation is 2. The maximum absolute atomic E-state index is 15.2. The molecule has 3 aromatic rings. The molecule has 0 radical (unpaired) electrons. The van der Waals surface area contributed by atoms with Gasteiger partial charge in [0.15, 0.2) is 6.61 Å². The molecule has 0 fully saturated rings. The summed E-state index contributed by atoms with van der Waals surface area (Å²) in [5.41, 5.74) is 4.56. The van der Waals surface area contributed by atoms with E-state index >= 15 is 4.39 Å². The summed E-state index contributed by atoms with van der Waals surface area (Å²) in [5.74, 6) is -1.43. The van der Waals surface area contributed by atoms with Crippen molar-refractivity contribution in [1.29, 1.82) is 0 Å². The van der Waals surface area contributed by atoms with E-state index in [1.807, 2.05) is 26.8 Å². The Morgan fingerprint density at radius 3 is 2.53 bits per heavy atom. The van der Waals surface area contributed by atoms with Crippen molar-refractivity contribution in [3.63, 3.8) is 0 Å². The van der Waals surface area contributed by atoms with Crippen molar-refractivity contribution in [2.24, 2.45) is 0 Å². The van der Waals surface area contributed by atoms with E-state index in [0.29, 0.717) is 22.4 Å². The largest absolute Gasteiger partial charge is 0.482 e. The van der Waals surface area contributed by atoms with Crippen molar-refractivity contribution >= 4 is 11.7 Å². The van der Waals surface area contributed by atoms with Gasteiger partial charge in [0.25, 0.3) is 0 Å². The fraction of sp³-hybridized carbons (Fsp3) is 0.208. The number of aliphatic carboxylic acids is 1. The highest BCUT2D eigenvalue weighted by Gasteiger charge is 2.14. The van der Waals surface area contributed by atoms with Crippen molar-refractivity contribution in [2.45, 2.75) is 27.3 Å². The lowest BCUT2D eigenvalue weighted by Crippen LogP contribution is -2.11. The molecule has 0 aliphatic rings. The Kier molecular flexibility index (Phi) is 6.35. The van der Waals surface area contributed by atoms with Gasteiger partial charge in [-0.3, -0.25) is 0 Å². The highest BCUT2D eigenvalue weighted by atomic mass is 19.1. The van der Waals surface area contributed by atoms with Gasteiger partial charge in [0.1, 0.15) is 17.4 Å². The molecule has 3 aromatic carbocycles. The number of hydrogen-bond acceptors (Lipinski definition) is 3. The molecule has 0 saturated carbocycles. The van der Waals surface area contributed by atoms with Crippen molar-refractivity contribution in [2.75, 3.05) is 11.9 Å². The second kappa shape index (κ2) is 8.95. The van der Waals surface area contributed by atoms with Crippen LogP contribution in [0.5, 0.6) is 5.75 Å². The van der Waals surface area contributed by atoms with Gasteiger partial charge in [-0.15, -0.1) is 0 Å². The molecule has 0 heterocycles. The molecule has 6 heteroatoms. The quantitative estimate of drug-likeness (QED) is 0.529. The third-order valence-electron chi connectivity index (χ3n) is 4.86. The molecule has 30 heavy (non-hydrogen) atoms. The molecule has 0 aromatic heterocycles. The highest BCUT2D eigenvalue weighted by molar-refractivity contribution is 5.69.